The Morgan fingerprint density at radius 3 is 2.79 bits per heavy atom. The van der Waals surface area contributed by atoms with Gasteiger partial charge in [-0.1, -0.05) is 19.9 Å². The predicted molar refractivity (Wildman–Crippen MR) is 75.4 cm³/mol. The van der Waals surface area contributed by atoms with E-state index in [2.05, 4.69) is 19.2 Å². The van der Waals surface area contributed by atoms with Crippen molar-refractivity contribution < 1.29 is 14.3 Å². The smallest absolute Gasteiger partial charge is 0.257 e. The molecule has 0 saturated carbocycles. The summed E-state index contributed by atoms with van der Waals surface area (Å²) in [7, 11) is 1.51. The topological polar surface area (TPSA) is 73.6 Å². The number of amides is 1. The Morgan fingerprint density at radius 2 is 2.16 bits per heavy atom. The Kier molecular flexibility index (Phi) is 6.15. The highest BCUT2D eigenvalue weighted by atomic mass is 16.5. The lowest BCUT2D eigenvalue weighted by Gasteiger charge is -2.12. The molecule has 0 spiro atoms. The third kappa shape index (κ3) is 4.79. The van der Waals surface area contributed by atoms with Crippen molar-refractivity contribution in [2.24, 2.45) is 5.92 Å². The maximum Gasteiger partial charge on any atom is 0.257 e. The van der Waals surface area contributed by atoms with E-state index in [1.54, 1.807) is 18.2 Å². The Bertz CT molecular complexity index is 419. The molecule has 0 radical (unpaired) electrons. The van der Waals surface area contributed by atoms with Gasteiger partial charge in [0.1, 0.15) is 11.3 Å². The van der Waals surface area contributed by atoms with E-state index >= 15 is 0 Å². The van der Waals surface area contributed by atoms with E-state index in [0.29, 0.717) is 42.7 Å². The average molecular weight is 266 g/mol. The van der Waals surface area contributed by atoms with Crippen LogP contribution in [-0.4, -0.2) is 32.8 Å². The van der Waals surface area contributed by atoms with Crippen molar-refractivity contribution in [3.63, 3.8) is 0 Å². The minimum absolute atomic E-state index is 0.247. The van der Waals surface area contributed by atoms with Crippen LogP contribution in [-0.2, 0) is 4.74 Å². The first-order chi connectivity index (χ1) is 9.06. The van der Waals surface area contributed by atoms with E-state index in [-0.39, 0.29) is 5.91 Å². The summed E-state index contributed by atoms with van der Waals surface area (Å²) in [4.78, 5) is 12.0. The SMILES string of the molecule is COc1cccc(N)c1C(=O)NCCOCC(C)C. The average Bonchev–Trinajstić information content (AvgIpc) is 2.37. The molecule has 0 aliphatic carbocycles. The number of ether oxygens (including phenoxy) is 2. The van der Waals surface area contributed by atoms with Crippen LogP contribution in [0.2, 0.25) is 0 Å². The van der Waals surface area contributed by atoms with Gasteiger partial charge in [-0.3, -0.25) is 4.79 Å². The van der Waals surface area contributed by atoms with E-state index in [1.807, 2.05) is 0 Å². The second-order valence-electron chi connectivity index (χ2n) is 4.65. The molecule has 106 valence electrons. The van der Waals surface area contributed by atoms with Gasteiger partial charge < -0.3 is 20.5 Å². The van der Waals surface area contributed by atoms with Crippen molar-refractivity contribution in [1.82, 2.24) is 5.32 Å². The lowest BCUT2D eigenvalue weighted by molar-refractivity contribution is 0.0884. The number of methoxy groups -OCH3 is 1. The van der Waals surface area contributed by atoms with Gasteiger partial charge in [-0.05, 0) is 18.1 Å². The highest BCUT2D eigenvalue weighted by Crippen LogP contribution is 2.23. The van der Waals surface area contributed by atoms with E-state index in [1.165, 1.54) is 7.11 Å². The number of rotatable bonds is 7. The second-order valence-corrected chi connectivity index (χ2v) is 4.65. The molecule has 0 bridgehead atoms. The number of nitrogens with two attached hydrogens (primary N) is 1. The van der Waals surface area contributed by atoms with E-state index in [0.717, 1.165) is 0 Å². The molecule has 0 fully saturated rings. The number of nitrogen functional groups attached to an aromatic ring is 1. The molecule has 0 aliphatic heterocycles. The van der Waals surface area contributed by atoms with Crippen molar-refractivity contribution in [3.8, 4) is 5.75 Å². The minimum atomic E-state index is -0.247. The quantitative estimate of drug-likeness (QED) is 0.581. The van der Waals surface area contributed by atoms with Gasteiger partial charge in [0, 0.05) is 18.8 Å². The summed E-state index contributed by atoms with van der Waals surface area (Å²) in [6.45, 7) is 5.77. The molecule has 1 rings (SSSR count). The molecule has 1 amide bonds. The van der Waals surface area contributed by atoms with Crippen LogP contribution >= 0.6 is 0 Å². The first-order valence-corrected chi connectivity index (χ1v) is 6.34. The van der Waals surface area contributed by atoms with Gasteiger partial charge in [0.2, 0.25) is 0 Å². The monoisotopic (exact) mass is 266 g/mol. The van der Waals surface area contributed by atoms with Crippen molar-refractivity contribution in [3.05, 3.63) is 23.8 Å². The van der Waals surface area contributed by atoms with E-state index < -0.39 is 0 Å². The van der Waals surface area contributed by atoms with Gasteiger partial charge in [-0.15, -0.1) is 0 Å². The van der Waals surface area contributed by atoms with Gasteiger partial charge in [0.15, 0.2) is 0 Å². The number of nitrogens with one attached hydrogen (secondary N) is 1. The van der Waals surface area contributed by atoms with Crippen molar-refractivity contribution >= 4 is 11.6 Å². The summed E-state index contributed by atoms with van der Waals surface area (Å²) in [5.74, 6) is 0.712. The summed E-state index contributed by atoms with van der Waals surface area (Å²) in [6, 6.07) is 5.13. The number of carbonyl (C=O) groups is 1. The lowest BCUT2D eigenvalue weighted by atomic mass is 10.1. The summed E-state index contributed by atoms with van der Waals surface area (Å²) >= 11 is 0. The van der Waals surface area contributed by atoms with Crippen LogP contribution < -0.4 is 15.8 Å². The highest BCUT2D eigenvalue weighted by molar-refractivity contribution is 6.01. The Hall–Kier alpha value is -1.75. The van der Waals surface area contributed by atoms with Gasteiger partial charge in [0.25, 0.3) is 5.91 Å². The third-order valence-corrected chi connectivity index (χ3v) is 2.49. The summed E-state index contributed by atoms with van der Waals surface area (Å²) in [6.07, 6.45) is 0. The summed E-state index contributed by atoms with van der Waals surface area (Å²) in [5, 5.41) is 2.76. The van der Waals surface area contributed by atoms with E-state index in [9.17, 15) is 4.79 Å². The molecule has 5 nitrogen and oxygen atoms in total. The molecule has 0 aliphatic rings. The second kappa shape index (κ2) is 7.63. The van der Waals surface area contributed by atoms with Crippen LogP contribution in [0.15, 0.2) is 18.2 Å². The summed E-state index contributed by atoms with van der Waals surface area (Å²) in [5.41, 5.74) is 6.57. The molecule has 0 saturated heterocycles. The van der Waals surface area contributed by atoms with Crippen LogP contribution in [0.4, 0.5) is 5.69 Å². The third-order valence-electron chi connectivity index (χ3n) is 2.49. The molecular formula is C14H22N2O3. The number of carbonyl (C=O) groups excluding carboxylic acids is 1. The largest absolute Gasteiger partial charge is 0.496 e. The number of anilines is 1. The fourth-order valence-electron chi connectivity index (χ4n) is 1.61. The zero-order chi connectivity index (χ0) is 14.3. The van der Waals surface area contributed by atoms with Gasteiger partial charge >= 0.3 is 0 Å². The fourth-order valence-corrected chi connectivity index (χ4v) is 1.61. The molecule has 0 aromatic heterocycles. The molecular weight excluding hydrogens is 244 g/mol. The minimum Gasteiger partial charge on any atom is -0.496 e. The number of hydrogen-bond donors (Lipinski definition) is 2. The molecule has 3 N–H and O–H groups in total. The van der Waals surface area contributed by atoms with Crippen LogP contribution in [0.25, 0.3) is 0 Å². The first-order valence-electron chi connectivity index (χ1n) is 6.34. The molecule has 0 atom stereocenters. The van der Waals surface area contributed by atoms with Gasteiger partial charge in [-0.25, -0.2) is 0 Å². The molecule has 0 heterocycles. The standard InChI is InChI=1S/C14H22N2O3/c1-10(2)9-19-8-7-16-14(17)13-11(15)5-4-6-12(13)18-3/h4-6,10H,7-9,15H2,1-3H3,(H,16,17). The molecule has 19 heavy (non-hydrogen) atoms. The number of hydrogen-bond acceptors (Lipinski definition) is 4. The van der Waals surface area contributed by atoms with E-state index in [4.69, 9.17) is 15.2 Å². The first kappa shape index (κ1) is 15.3. The molecule has 0 unspecified atom stereocenters. The Balaban J connectivity index is 2.50. The number of benzene rings is 1. The molecule has 1 aromatic rings. The van der Waals surface area contributed by atoms with Crippen molar-refractivity contribution in [2.45, 2.75) is 13.8 Å². The molecule has 1 aromatic carbocycles. The van der Waals surface area contributed by atoms with Crippen LogP contribution in [0.1, 0.15) is 24.2 Å². The van der Waals surface area contributed by atoms with Gasteiger partial charge in [-0.2, -0.15) is 0 Å². The normalized spacial score (nSPS) is 10.5. The van der Waals surface area contributed by atoms with Crippen molar-refractivity contribution in [2.75, 3.05) is 32.6 Å². The maximum atomic E-state index is 12.0. The zero-order valence-electron chi connectivity index (χ0n) is 11.7. The molecule has 5 heteroatoms. The zero-order valence-corrected chi connectivity index (χ0v) is 11.7. The highest BCUT2D eigenvalue weighted by Gasteiger charge is 2.14. The van der Waals surface area contributed by atoms with Crippen molar-refractivity contribution in [1.29, 1.82) is 0 Å². The van der Waals surface area contributed by atoms with Crippen LogP contribution in [0.5, 0.6) is 5.75 Å². The maximum absolute atomic E-state index is 12.0. The van der Waals surface area contributed by atoms with Gasteiger partial charge in [0.05, 0.1) is 13.7 Å². The summed E-state index contributed by atoms with van der Waals surface area (Å²) < 4.78 is 10.5. The predicted octanol–water partition coefficient (Wildman–Crippen LogP) is 1.68. The Labute approximate surface area is 114 Å². The Morgan fingerprint density at radius 1 is 1.42 bits per heavy atom. The fraction of sp³-hybridized carbons (Fsp3) is 0.500. The lowest BCUT2D eigenvalue weighted by Crippen LogP contribution is -2.28. The van der Waals surface area contributed by atoms with Crippen LogP contribution in [0, 0.1) is 5.92 Å². The van der Waals surface area contributed by atoms with Crippen LogP contribution in [0.3, 0.4) is 0 Å².